The monoisotopic (exact) mass is 194 g/mol. The molecule has 0 aromatic heterocycles. The molecular formula is C8H15FO2S. The van der Waals surface area contributed by atoms with Crippen LogP contribution in [0.2, 0.25) is 0 Å². The summed E-state index contributed by atoms with van der Waals surface area (Å²) in [6, 6.07) is 0. The van der Waals surface area contributed by atoms with Crippen LogP contribution >= 0.6 is 12.6 Å². The first-order valence-corrected chi connectivity index (χ1v) is 4.68. The van der Waals surface area contributed by atoms with Gasteiger partial charge in [0.05, 0.1) is 6.67 Å². The van der Waals surface area contributed by atoms with Gasteiger partial charge in [0.15, 0.2) is 0 Å². The molecule has 0 radical (unpaired) electrons. The van der Waals surface area contributed by atoms with Crippen molar-refractivity contribution in [1.82, 2.24) is 0 Å². The Balaban J connectivity index is 3.61. The molecule has 0 spiro atoms. The van der Waals surface area contributed by atoms with Crippen molar-refractivity contribution in [2.45, 2.75) is 32.3 Å². The molecule has 1 unspecified atom stereocenters. The van der Waals surface area contributed by atoms with Gasteiger partial charge in [-0.3, -0.25) is 9.18 Å². The Morgan fingerprint density at radius 2 is 2.25 bits per heavy atom. The average molecular weight is 194 g/mol. The highest BCUT2D eigenvalue weighted by Crippen LogP contribution is 2.08. The van der Waals surface area contributed by atoms with Gasteiger partial charge in [0, 0.05) is 13.3 Å². The Labute approximate surface area is 77.9 Å². The van der Waals surface area contributed by atoms with E-state index in [2.05, 4.69) is 12.6 Å². The molecule has 0 saturated heterocycles. The molecule has 0 bridgehead atoms. The quantitative estimate of drug-likeness (QED) is 0.517. The molecule has 12 heavy (non-hydrogen) atoms. The lowest BCUT2D eigenvalue weighted by Gasteiger charge is -2.14. The Hall–Kier alpha value is -0.250. The largest absolute Gasteiger partial charge is 0.462 e. The first-order chi connectivity index (χ1) is 5.70. The van der Waals surface area contributed by atoms with Crippen LogP contribution in [0.3, 0.4) is 0 Å². The molecule has 1 atom stereocenters. The fourth-order valence-electron chi connectivity index (χ4n) is 0.938. The van der Waals surface area contributed by atoms with Crippen molar-refractivity contribution in [3.63, 3.8) is 0 Å². The third-order valence-corrected chi connectivity index (χ3v) is 1.76. The van der Waals surface area contributed by atoms with Crippen LogP contribution in [0.15, 0.2) is 0 Å². The van der Waals surface area contributed by atoms with E-state index in [0.29, 0.717) is 12.8 Å². The summed E-state index contributed by atoms with van der Waals surface area (Å²) < 4.78 is 16.8. The number of alkyl halides is 1. The molecular weight excluding hydrogens is 179 g/mol. The topological polar surface area (TPSA) is 26.3 Å². The maximum absolute atomic E-state index is 11.9. The molecule has 0 fully saturated rings. The van der Waals surface area contributed by atoms with Crippen LogP contribution < -0.4 is 0 Å². The van der Waals surface area contributed by atoms with Crippen LogP contribution in [-0.2, 0) is 9.53 Å². The van der Waals surface area contributed by atoms with E-state index in [1.165, 1.54) is 6.92 Å². The molecule has 0 aliphatic heterocycles. The molecule has 0 N–H and O–H groups in total. The molecule has 72 valence electrons. The Bertz CT molecular complexity index is 130. The van der Waals surface area contributed by atoms with E-state index in [0.717, 1.165) is 12.2 Å². The Kier molecular flexibility index (Phi) is 7.25. The summed E-state index contributed by atoms with van der Waals surface area (Å²) in [7, 11) is 0. The highest BCUT2D eigenvalue weighted by atomic mass is 32.1. The van der Waals surface area contributed by atoms with Crippen LogP contribution in [0.4, 0.5) is 4.39 Å². The second-order valence-electron chi connectivity index (χ2n) is 2.57. The number of carbonyl (C=O) groups is 1. The van der Waals surface area contributed by atoms with Crippen molar-refractivity contribution >= 4 is 18.6 Å². The second-order valence-corrected chi connectivity index (χ2v) is 3.02. The van der Waals surface area contributed by atoms with Gasteiger partial charge in [-0.1, -0.05) is 0 Å². The zero-order chi connectivity index (χ0) is 9.40. The first kappa shape index (κ1) is 11.8. The van der Waals surface area contributed by atoms with Gasteiger partial charge in [-0.05, 0) is 18.6 Å². The number of halogens is 1. The lowest BCUT2D eigenvalue weighted by Crippen LogP contribution is -2.17. The average Bonchev–Trinajstić information content (AvgIpc) is 2.00. The van der Waals surface area contributed by atoms with E-state index in [1.807, 2.05) is 0 Å². The summed E-state index contributed by atoms with van der Waals surface area (Å²) >= 11 is 4.02. The standard InChI is InChI=1S/C8H15FO2S/c1-7(10)11-8(4-5-9)3-2-6-12/h8,12H,2-6H2,1H3. The zero-order valence-electron chi connectivity index (χ0n) is 7.25. The first-order valence-electron chi connectivity index (χ1n) is 4.04. The van der Waals surface area contributed by atoms with Gasteiger partial charge in [0.25, 0.3) is 0 Å². The predicted molar refractivity (Wildman–Crippen MR) is 49.2 cm³/mol. The molecule has 0 aliphatic rings. The zero-order valence-corrected chi connectivity index (χ0v) is 8.15. The number of rotatable bonds is 6. The summed E-state index contributed by atoms with van der Waals surface area (Å²) in [6.45, 7) is 0.899. The van der Waals surface area contributed by atoms with Gasteiger partial charge in [-0.15, -0.1) is 0 Å². The third-order valence-electron chi connectivity index (χ3n) is 1.45. The van der Waals surface area contributed by atoms with Gasteiger partial charge in [-0.25, -0.2) is 0 Å². The summed E-state index contributed by atoms with van der Waals surface area (Å²) in [4.78, 5) is 10.5. The Morgan fingerprint density at radius 1 is 1.58 bits per heavy atom. The molecule has 4 heteroatoms. The van der Waals surface area contributed by atoms with E-state index in [4.69, 9.17) is 4.74 Å². The molecule has 0 aromatic carbocycles. The molecule has 0 heterocycles. The number of thiol groups is 1. The molecule has 0 amide bonds. The van der Waals surface area contributed by atoms with Crippen molar-refractivity contribution in [1.29, 1.82) is 0 Å². The van der Waals surface area contributed by atoms with Crippen LogP contribution in [0.1, 0.15) is 26.2 Å². The van der Waals surface area contributed by atoms with Gasteiger partial charge in [0.1, 0.15) is 6.10 Å². The number of hydrogen-bond donors (Lipinski definition) is 1. The molecule has 2 nitrogen and oxygen atoms in total. The van der Waals surface area contributed by atoms with Crippen LogP contribution in [0, 0.1) is 0 Å². The SMILES string of the molecule is CC(=O)OC(CCF)CCCS. The van der Waals surface area contributed by atoms with Crippen LogP contribution in [-0.4, -0.2) is 24.5 Å². The molecule has 0 rings (SSSR count). The fourth-order valence-corrected chi connectivity index (χ4v) is 1.12. The Morgan fingerprint density at radius 3 is 2.67 bits per heavy atom. The van der Waals surface area contributed by atoms with Crippen molar-refractivity contribution in [2.24, 2.45) is 0 Å². The predicted octanol–water partition coefficient (Wildman–Crippen LogP) is 1.99. The molecule has 0 saturated carbocycles. The molecule has 0 aromatic rings. The van der Waals surface area contributed by atoms with E-state index in [1.54, 1.807) is 0 Å². The number of carbonyl (C=O) groups excluding carboxylic acids is 1. The normalized spacial score (nSPS) is 12.6. The van der Waals surface area contributed by atoms with Crippen molar-refractivity contribution < 1.29 is 13.9 Å². The minimum atomic E-state index is -0.440. The number of hydrogen-bond acceptors (Lipinski definition) is 3. The highest BCUT2D eigenvalue weighted by Gasteiger charge is 2.10. The number of esters is 1. The lowest BCUT2D eigenvalue weighted by molar-refractivity contribution is -0.147. The van der Waals surface area contributed by atoms with E-state index in [9.17, 15) is 9.18 Å². The van der Waals surface area contributed by atoms with Crippen molar-refractivity contribution in [3.05, 3.63) is 0 Å². The van der Waals surface area contributed by atoms with Crippen molar-refractivity contribution in [3.8, 4) is 0 Å². The lowest BCUT2D eigenvalue weighted by atomic mass is 10.1. The summed E-state index contributed by atoms with van der Waals surface area (Å²) in [5, 5.41) is 0. The highest BCUT2D eigenvalue weighted by molar-refractivity contribution is 7.80. The second kappa shape index (κ2) is 7.40. The fraction of sp³-hybridized carbons (Fsp3) is 0.875. The smallest absolute Gasteiger partial charge is 0.302 e. The maximum atomic E-state index is 11.9. The summed E-state index contributed by atoms with van der Waals surface area (Å²) in [5.41, 5.74) is 0. The van der Waals surface area contributed by atoms with Gasteiger partial charge in [0.2, 0.25) is 0 Å². The van der Waals surface area contributed by atoms with E-state index >= 15 is 0 Å². The van der Waals surface area contributed by atoms with Gasteiger partial charge >= 0.3 is 5.97 Å². The minimum absolute atomic E-state index is 0.264. The van der Waals surface area contributed by atoms with Crippen LogP contribution in [0.25, 0.3) is 0 Å². The number of ether oxygens (including phenoxy) is 1. The van der Waals surface area contributed by atoms with E-state index < -0.39 is 6.67 Å². The van der Waals surface area contributed by atoms with Gasteiger partial charge in [-0.2, -0.15) is 12.6 Å². The third kappa shape index (κ3) is 6.46. The van der Waals surface area contributed by atoms with Gasteiger partial charge < -0.3 is 4.74 Å². The summed E-state index contributed by atoms with van der Waals surface area (Å²) in [6.07, 6.45) is 1.58. The summed E-state index contributed by atoms with van der Waals surface area (Å²) in [5.74, 6) is 0.400. The van der Waals surface area contributed by atoms with Crippen molar-refractivity contribution in [2.75, 3.05) is 12.4 Å². The minimum Gasteiger partial charge on any atom is -0.462 e. The van der Waals surface area contributed by atoms with Crippen LogP contribution in [0.5, 0.6) is 0 Å². The van der Waals surface area contributed by atoms with E-state index in [-0.39, 0.29) is 12.1 Å². The maximum Gasteiger partial charge on any atom is 0.302 e. The molecule has 0 aliphatic carbocycles.